The summed E-state index contributed by atoms with van der Waals surface area (Å²) in [6.07, 6.45) is 23.0. The first-order chi connectivity index (χ1) is 16.1. The molecule has 2 saturated carbocycles. The molecule has 0 aliphatic heterocycles. The number of hydrogen-bond acceptors (Lipinski definition) is 1. The Hall–Kier alpha value is -1.02. The summed E-state index contributed by atoms with van der Waals surface area (Å²) in [7, 11) is 1.53. The number of allylic oxidation sites excluding steroid dienone is 2. The molecular formula is C30H44ClFO. The first kappa shape index (κ1) is 25.1. The molecule has 0 radical (unpaired) electrons. The molecule has 1 atom stereocenters. The van der Waals surface area contributed by atoms with Gasteiger partial charge in [-0.05, 0) is 105 Å². The molecule has 0 N–H and O–H groups in total. The average molecular weight is 475 g/mol. The predicted octanol–water partition coefficient (Wildman–Crippen LogP) is 9.86. The highest BCUT2D eigenvalue weighted by atomic mass is 35.5. The fourth-order valence-corrected chi connectivity index (χ4v) is 7.43. The van der Waals surface area contributed by atoms with Crippen molar-refractivity contribution in [3.05, 3.63) is 34.6 Å². The van der Waals surface area contributed by atoms with E-state index in [1.54, 1.807) is 6.07 Å². The van der Waals surface area contributed by atoms with Crippen LogP contribution in [0.1, 0.15) is 109 Å². The molecule has 1 nitrogen and oxygen atoms in total. The van der Waals surface area contributed by atoms with E-state index in [1.165, 1.54) is 90.6 Å². The molecule has 184 valence electrons. The quantitative estimate of drug-likeness (QED) is 0.340. The Kier molecular flexibility index (Phi) is 9.19. The Balaban J connectivity index is 1.23. The second-order valence-electron chi connectivity index (χ2n) is 11.2. The lowest BCUT2D eigenvalue weighted by molar-refractivity contribution is 0.120. The Labute approximate surface area is 206 Å². The van der Waals surface area contributed by atoms with Gasteiger partial charge in [-0.2, -0.15) is 0 Å². The van der Waals surface area contributed by atoms with Gasteiger partial charge >= 0.3 is 0 Å². The third-order valence-corrected chi connectivity index (χ3v) is 9.67. The van der Waals surface area contributed by atoms with Crippen molar-refractivity contribution in [1.82, 2.24) is 0 Å². The van der Waals surface area contributed by atoms with Gasteiger partial charge in [-0.3, -0.25) is 0 Å². The second-order valence-corrected chi connectivity index (χ2v) is 11.5. The molecule has 0 bridgehead atoms. The second kappa shape index (κ2) is 12.1. The SMILES string of the molecule is CCCCCC1CCC(C2CCC(C3CC=C(c4ccc(OC)c(Cl)c4F)CC3)CC2)CC1. The molecule has 4 rings (SSSR count). The highest BCUT2D eigenvalue weighted by Crippen LogP contribution is 2.46. The molecule has 1 aromatic carbocycles. The van der Waals surface area contributed by atoms with E-state index in [2.05, 4.69) is 13.0 Å². The molecule has 1 unspecified atom stereocenters. The topological polar surface area (TPSA) is 9.23 Å². The van der Waals surface area contributed by atoms with Crippen LogP contribution in [0, 0.1) is 35.4 Å². The maximum Gasteiger partial charge on any atom is 0.153 e. The van der Waals surface area contributed by atoms with Gasteiger partial charge in [0, 0.05) is 5.56 Å². The third kappa shape index (κ3) is 6.16. The number of unbranched alkanes of at least 4 members (excludes halogenated alkanes) is 2. The number of hydrogen-bond donors (Lipinski definition) is 0. The Morgan fingerprint density at radius 2 is 1.52 bits per heavy atom. The number of halogens is 2. The zero-order valence-electron chi connectivity index (χ0n) is 20.9. The fraction of sp³-hybridized carbons (Fsp3) is 0.733. The lowest BCUT2D eigenvalue weighted by atomic mass is 9.65. The maximum atomic E-state index is 14.8. The van der Waals surface area contributed by atoms with Crippen molar-refractivity contribution in [1.29, 1.82) is 0 Å². The van der Waals surface area contributed by atoms with Gasteiger partial charge in [0.2, 0.25) is 0 Å². The van der Waals surface area contributed by atoms with Crippen molar-refractivity contribution in [3.8, 4) is 5.75 Å². The Morgan fingerprint density at radius 1 is 0.879 bits per heavy atom. The predicted molar refractivity (Wildman–Crippen MR) is 138 cm³/mol. The van der Waals surface area contributed by atoms with Gasteiger partial charge < -0.3 is 4.74 Å². The van der Waals surface area contributed by atoms with Gasteiger partial charge in [-0.15, -0.1) is 0 Å². The molecule has 0 aromatic heterocycles. The summed E-state index contributed by atoms with van der Waals surface area (Å²) in [6.45, 7) is 2.31. The van der Waals surface area contributed by atoms with Crippen LogP contribution >= 0.6 is 11.6 Å². The highest BCUT2D eigenvalue weighted by molar-refractivity contribution is 6.32. The van der Waals surface area contributed by atoms with E-state index in [4.69, 9.17) is 16.3 Å². The van der Waals surface area contributed by atoms with Crippen molar-refractivity contribution in [2.75, 3.05) is 7.11 Å². The van der Waals surface area contributed by atoms with Crippen molar-refractivity contribution >= 4 is 17.2 Å². The molecular weight excluding hydrogens is 431 g/mol. The number of benzene rings is 1. The van der Waals surface area contributed by atoms with E-state index >= 15 is 0 Å². The molecule has 0 spiro atoms. The first-order valence-corrected chi connectivity index (χ1v) is 14.2. The van der Waals surface area contributed by atoms with Gasteiger partial charge in [-0.1, -0.05) is 63.1 Å². The molecule has 33 heavy (non-hydrogen) atoms. The molecule has 0 saturated heterocycles. The molecule has 3 aliphatic carbocycles. The molecule has 2 fully saturated rings. The van der Waals surface area contributed by atoms with Crippen LogP contribution in [0.3, 0.4) is 0 Å². The van der Waals surface area contributed by atoms with Gasteiger partial charge in [-0.25, -0.2) is 4.39 Å². The zero-order chi connectivity index (χ0) is 23.2. The van der Waals surface area contributed by atoms with Crippen LogP contribution in [-0.4, -0.2) is 7.11 Å². The molecule has 0 amide bonds. The van der Waals surface area contributed by atoms with Gasteiger partial charge in [0.1, 0.15) is 10.8 Å². The van der Waals surface area contributed by atoms with Crippen molar-refractivity contribution in [2.24, 2.45) is 29.6 Å². The summed E-state index contributed by atoms with van der Waals surface area (Å²) in [5, 5.41) is 0.103. The molecule has 0 heterocycles. The molecule has 1 aromatic rings. The van der Waals surface area contributed by atoms with Crippen molar-refractivity contribution < 1.29 is 9.13 Å². The summed E-state index contributed by atoms with van der Waals surface area (Å²) in [5.74, 6) is 4.75. The minimum absolute atomic E-state index is 0.103. The zero-order valence-corrected chi connectivity index (χ0v) is 21.6. The number of methoxy groups -OCH3 is 1. The van der Waals surface area contributed by atoms with E-state index in [9.17, 15) is 4.39 Å². The summed E-state index contributed by atoms with van der Waals surface area (Å²) < 4.78 is 19.9. The largest absolute Gasteiger partial charge is 0.495 e. The van der Waals surface area contributed by atoms with Gasteiger partial charge in [0.25, 0.3) is 0 Å². The van der Waals surface area contributed by atoms with E-state index in [1.807, 2.05) is 6.07 Å². The van der Waals surface area contributed by atoms with Crippen molar-refractivity contribution in [2.45, 2.75) is 103 Å². The van der Waals surface area contributed by atoms with E-state index in [-0.39, 0.29) is 10.8 Å². The lowest BCUT2D eigenvalue weighted by Crippen LogP contribution is -2.28. The lowest BCUT2D eigenvalue weighted by Gasteiger charge is -2.40. The van der Waals surface area contributed by atoms with Crippen LogP contribution in [0.15, 0.2) is 18.2 Å². The smallest absolute Gasteiger partial charge is 0.153 e. The number of ether oxygens (including phenoxy) is 1. The van der Waals surface area contributed by atoms with Crippen LogP contribution in [0.25, 0.3) is 5.57 Å². The average Bonchev–Trinajstić information content (AvgIpc) is 2.87. The van der Waals surface area contributed by atoms with Crippen LogP contribution in [0.2, 0.25) is 5.02 Å². The highest BCUT2D eigenvalue weighted by Gasteiger charge is 2.34. The Bertz CT molecular complexity index is 787. The normalized spacial score (nSPS) is 30.7. The van der Waals surface area contributed by atoms with E-state index < -0.39 is 0 Å². The van der Waals surface area contributed by atoms with Crippen LogP contribution in [-0.2, 0) is 0 Å². The van der Waals surface area contributed by atoms with Crippen LogP contribution < -0.4 is 4.74 Å². The van der Waals surface area contributed by atoms with Crippen LogP contribution in [0.5, 0.6) is 5.75 Å². The van der Waals surface area contributed by atoms with E-state index in [0.717, 1.165) is 48.0 Å². The van der Waals surface area contributed by atoms with Crippen molar-refractivity contribution in [3.63, 3.8) is 0 Å². The number of rotatable bonds is 8. The third-order valence-electron chi connectivity index (χ3n) is 9.32. The summed E-state index contributed by atoms with van der Waals surface area (Å²) in [4.78, 5) is 0. The minimum Gasteiger partial charge on any atom is -0.495 e. The fourth-order valence-electron chi connectivity index (χ4n) is 7.18. The molecule has 3 heteroatoms. The summed E-state index contributed by atoms with van der Waals surface area (Å²) in [5.41, 5.74) is 1.78. The van der Waals surface area contributed by atoms with E-state index in [0.29, 0.717) is 11.3 Å². The summed E-state index contributed by atoms with van der Waals surface area (Å²) in [6, 6.07) is 3.61. The minimum atomic E-state index is -0.332. The standard InChI is InChI=1S/C30H44ClFO/c1-3-4-5-6-21-7-9-22(10-8-21)23-11-13-24(14-12-23)25-15-17-26(18-16-25)27-19-20-28(33-2)29(31)30(27)32/h17,19-25H,3-16,18H2,1-2H3. The maximum absolute atomic E-state index is 14.8. The Morgan fingerprint density at radius 3 is 2.09 bits per heavy atom. The van der Waals surface area contributed by atoms with Gasteiger partial charge in [0.05, 0.1) is 7.11 Å². The van der Waals surface area contributed by atoms with Gasteiger partial charge in [0.15, 0.2) is 5.82 Å². The monoisotopic (exact) mass is 474 g/mol. The summed E-state index contributed by atoms with van der Waals surface area (Å²) >= 11 is 6.15. The van der Waals surface area contributed by atoms with Crippen LogP contribution in [0.4, 0.5) is 4.39 Å². The molecule has 3 aliphatic rings. The first-order valence-electron chi connectivity index (χ1n) is 13.8.